The first-order chi connectivity index (χ1) is 7.76. The standard InChI is InChI=1S/C13H11IN2/c1-3-5-10-9(4-2)6-7-12-11(10)8-15-13(14)16-12/h3-8H,2H2,1H3/b5-3-. The van der Waals surface area contributed by atoms with Gasteiger partial charge in [-0.05, 0) is 24.1 Å². The lowest BCUT2D eigenvalue weighted by Crippen LogP contribution is -1.91. The van der Waals surface area contributed by atoms with Crippen molar-refractivity contribution in [3.8, 4) is 0 Å². The van der Waals surface area contributed by atoms with E-state index in [1.807, 2.05) is 37.4 Å². The molecule has 80 valence electrons. The SMILES string of the molecule is C=Cc1ccc2nc(I)ncc2c1/C=C\C. The molecule has 0 saturated carbocycles. The number of allylic oxidation sites excluding steroid dienone is 1. The van der Waals surface area contributed by atoms with E-state index in [1.54, 1.807) is 0 Å². The fraction of sp³-hybridized carbons (Fsp3) is 0.0769. The van der Waals surface area contributed by atoms with Crippen molar-refractivity contribution in [3.05, 3.63) is 45.9 Å². The molecule has 2 aromatic rings. The molecule has 16 heavy (non-hydrogen) atoms. The number of halogens is 1. The van der Waals surface area contributed by atoms with Crippen molar-refractivity contribution in [2.24, 2.45) is 0 Å². The van der Waals surface area contributed by atoms with Crippen LogP contribution in [0.25, 0.3) is 23.1 Å². The average molecular weight is 322 g/mol. The molecule has 0 N–H and O–H groups in total. The highest BCUT2D eigenvalue weighted by molar-refractivity contribution is 14.1. The quantitative estimate of drug-likeness (QED) is 0.619. The molecule has 2 nitrogen and oxygen atoms in total. The molecule has 1 aromatic heterocycles. The van der Waals surface area contributed by atoms with Crippen LogP contribution in [0.15, 0.2) is 31.0 Å². The van der Waals surface area contributed by atoms with E-state index in [0.717, 1.165) is 25.9 Å². The molecule has 0 bridgehead atoms. The summed E-state index contributed by atoms with van der Waals surface area (Å²) in [7, 11) is 0. The van der Waals surface area contributed by atoms with Gasteiger partial charge in [-0.3, -0.25) is 0 Å². The zero-order chi connectivity index (χ0) is 11.5. The summed E-state index contributed by atoms with van der Waals surface area (Å²) >= 11 is 2.12. The molecule has 0 unspecified atom stereocenters. The van der Waals surface area contributed by atoms with E-state index in [1.165, 1.54) is 0 Å². The summed E-state index contributed by atoms with van der Waals surface area (Å²) in [5.74, 6) is 0. The van der Waals surface area contributed by atoms with Crippen LogP contribution in [0.3, 0.4) is 0 Å². The van der Waals surface area contributed by atoms with E-state index in [9.17, 15) is 0 Å². The summed E-state index contributed by atoms with van der Waals surface area (Å²) in [4.78, 5) is 8.63. The lowest BCUT2D eigenvalue weighted by Gasteiger charge is -2.05. The number of benzene rings is 1. The Morgan fingerprint density at radius 1 is 1.38 bits per heavy atom. The summed E-state index contributed by atoms with van der Waals surface area (Å²) in [6.07, 6.45) is 7.80. The van der Waals surface area contributed by atoms with Gasteiger partial charge in [0.2, 0.25) is 0 Å². The van der Waals surface area contributed by atoms with Gasteiger partial charge in [0.25, 0.3) is 0 Å². The Labute approximate surface area is 108 Å². The first-order valence-electron chi connectivity index (χ1n) is 4.96. The predicted molar refractivity (Wildman–Crippen MR) is 77.1 cm³/mol. The van der Waals surface area contributed by atoms with Gasteiger partial charge in [0, 0.05) is 34.2 Å². The third-order valence-corrected chi connectivity index (χ3v) is 2.88. The molecule has 0 radical (unpaired) electrons. The summed E-state index contributed by atoms with van der Waals surface area (Å²) < 4.78 is 0.767. The van der Waals surface area contributed by atoms with E-state index in [-0.39, 0.29) is 0 Å². The Hall–Kier alpha value is -1.23. The Kier molecular flexibility index (Phi) is 3.33. The Balaban J connectivity index is 2.83. The van der Waals surface area contributed by atoms with E-state index < -0.39 is 0 Å². The second-order valence-electron chi connectivity index (χ2n) is 3.34. The Bertz CT molecular complexity index is 573. The van der Waals surface area contributed by atoms with Gasteiger partial charge < -0.3 is 0 Å². The molecule has 0 aliphatic carbocycles. The molecular formula is C13H11IN2. The molecule has 1 heterocycles. The van der Waals surface area contributed by atoms with Crippen LogP contribution in [0.4, 0.5) is 0 Å². The van der Waals surface area contributed by atoms with Gasteiger partial charge in [0.15, 0.2) is 3.83 Å². The van der Waals surface area contributed by atoms with Crippen molar-refractivity contribution >= 4 is 45.6 Å². The highest BCUT2D eigenvalue weighted by Gasteiger charge is 2.04. The third-order valence-electron chi connectivity index (χ3n) is 2.36. The minimum absolute atomic E-state index is 0.767. The van der Waals surface area contributed by atoms with E-state index >= 15 is 0 Å². The van der Waals surface area contributed by atoms with Crippen molar-refractivity contribution in [2.75, 3.05) is 0 Å². The van der Waals surface area contributed by atoms with Gasteiger partial charge in [0.1, 0.15) is 0 Å². The van der Waals surface area contributed by atoms with Crippen molar-refractivity contribution in [2.45, 2.75) is 6.92 Å². The first kappa shape index (κ1) is 11.3. The summed E-state index contributed by atoms with van der Waals surface area (Å²) in [5, 5.41) is 1.07. The molecule has 3 heteroatoms. The lowest BCUT2D eigenvalue weighted by molar-refractivity contribution is 1.15. The second kappa shape index (κ2) is 4.74. The van der Waals surface area contributed by atoms with Crippen LogP contribution in [0, 0.1) is 3.83 Å². The Morgan fingerprint density at radius 3 is 2.88 bits per heavy atom. The van der Waals surface area contributed by atoms with Gasteiger partial charge in [-0.1, -0.05) is 30.9 Å². The van der Waals surface area contributed by atoms with Gasteiger partial charge in [-0.25, -0.2) is 9.97 Å². The number of aromatic nitrogens is 2. The molecule has 1 aromatic carbocycles. The lowest BCUT2D eigenvalue weighted by atomic mass is 10.0. The molecule has 0 amide bonds. The minimum atomic E-state index is 0.767. The fourth-order valence-corrected chi connectivity index (χ4v) is 2.05. The molecule has 0 fully saturated rings. The van der Waals surface area contributed by atoms with Gasteiger partial charge in [-0.15, -0.1) is 0 Å². The molecule has 0 saturated heterocycles. The normalized spacial score (nSPS) is 11.1. The summed E-state index contributed by atoms with van der Waals surface area (Å²) in [5.41, 5.74) is 3.21. The molecule has 0 atom stereocenters. The highest BCUT2D eigenvalue weighted by atomic mass is 127. The molecule has 2 rings (SSSR count). The first-order valence-corrected chi connectivity index (χ1v) is 6.04. The monoisotopic (exact) mass is 322 g/mol. The third kappa shape index (κ3) is 2.00. The molecule has 0 aliphatic heterocycles. The van der Waals surface area contributed by atoms with Crippen molar-refractivity contribution in [3.63, 3.8) is 0 Å². The zero-order valence-electron chi connectivity index (χ0n) is 8.94. The Morgan fingerprint density at radius 2 is 2.19 bits per heavy atom. The molecular weight excluding hydrogens is 311 g/mol. The van der Waals surface area contributed by atoms with Crippen LogP contribution in [-0.2, 0) is 0 Å². The minimum Gasteiger partial charge on any atom is -0.231 e. The van der Waals surface area contributed by atoms with Crippen LogP contribution in [-0.4, -0.2) is 9.97 Å². The van der Waals surface area contributed by atoms with E-state index in [0.29, 0.717) is 0 Å². The largest absolute Gasteiger partial charge is 0.231 e. The van der Waals surface area contributed by atoms with Gasteiger partial charge in [-0.2, -0.15) is 0 Å². The van der Waals surface area contributed by atoms with Crippen LogP contribution in [0.1, 0.15) is 18.1 Å². The maximum atomic E-state index is 4.40. The molecule has 0 aliphatic rings. The van der Waals surface area contributed by atoms with Crippen LogP contribution < -0.4 is 0 Å². The number of hydrogen-bond acceptors (Lipinski definition) is 2. The molecule has 0 spiro atoms. The zero-order valence-corrected chi connectivity index (χ0v) is 11.1. The van der Waals surface area contributed by atoms with Crippen molar-refractivity contribution in [1.29, 1.82) is 0 Å². The predicted octanol–water partition coefficient (Wildman–Crippen LogP) is 3.91. The number of fused-ring (bicyclic) bond motifs is 1. The van der Waals surface area contributed by atoms with Crippen LogP contribution in [0.5, 0.6) is 0 Å². The van der Waals surface area contributed by atoms with Gasteiger partial charge >= 0.3 is 0 Å². The van der Waals surface area contributed by atoms with E-state index in [4.69, 9.17) is 0 Å². The number of nitrogens with zero attached hydrogens (tertiary/aromatic N) is 2. The smallest absolute Gasteiger partial charge is 0.191 e. The highest BCUT2D eigenvalue weighted by Crippen LogP contribution is 2.23. The number of rotatable bonds is 2. The maximum Gasteiger partial charge on any atom is 0.191 e. The van der Waals surface area contributed by atoms with Crippen LogP contribution in [0.2, 0.25) is 0 Å². The maximum absolute atomic E-state index is 4.40. The van der Waals surface area contributed by atoms with Crippen LogP contribution >= 0.6 is 22.6 Å². The average Bonchev–Trinajstić information content (AvgIpc) is 2.29. The fourth-order valence-electron chi connectivity index (χ4n) is 1.65. The number of hydrogen-bond donors (Lipinski definition) is 0. The van der Waals surface area contributed by atoms with E-state index in [2.05, 4.69) is 45.2 Å². The topological polar surface area (TPSA) is 25.8 Å². The second-order valence-corrected chi connectivity index (χ2v) is 4.31. The summed E-state index contributed by atoms with van der Waals surface area (Å²) in [6.45, 7) is 5.82. The van der Waals surface area contributed by atoms with Crippen molar-refractivity contribution < 1.29 is 0 Å². The van der Waals surface area contributed by atoms with Crippen molar-refractivity contribution in [1.82, 2.24) is 9.97 Å². The van der Waals surface area contributed by atoms with Gasteiger partial charge in [0.05, 0.1) is 5.52 Å². The summed E-state index contributed by atoms with van der Waals surface area (Å²) in [6, 6.07) is 4.04.